The Hall–Kier alpha value is -4.06. The Bertz CT molecular complexity index is 1210. The number of carbonyl (C=O) groups is 2. The van der Waals surface area contributed by atoms with Gasteiger partial charge in [-0.25, -0.2) is 4.90 Å². The quantitative estimate of drug-likeness (QED) is 0.571. The Morgan fingerprint density at radius 3 is 2.16 bits per heavy atom. The number of likely N-dealkylation sites (N-methyl/N-ethyl adjacent to an activating group) is 1. The van der Waals surface area contributed by atoms with Gasteiger partial charge in [0.15, 0.2) is 11.5 Å². The van der Waals surface area contributed by atoms with E-state index in [1.54, 1.807) is 18.2 Å². The summed E-state index contributed by atoms with van der Waals surface area (Å²) >= 11 is 0. The van der Waals surface area contributed by atoms with Crippen LogP contribution in [-0.2, 0) is 9.59 Å². The number of ether oxygens (including phenoxy) is 2. The molecule has 0 aromatic heterocycles. The number of rotatable bonds is 5. The third kappa shape index (κ3) is 3.30. The zero-order valence-corrected chi connectivity index (χ0v) is 17.7. The van der Waals surface area contributed by atoms with Gasteiger partial charge in [0.25, 0.3) is 11.8 Å². The van der Waals surface area contributed by atoms with Gasteiger partial charge in [0.1, 0.15) is 18.9 Å². The second kappa shape index (κ2) is 8.23. The number of amides is 2. The minimum absolute atomic E-state index is 0.359. The van der Waals surface area contributed by atoms with Crippen molar-refractivity contribution in [2.24, 2.45) is 0 Å². The predicted molar refractivity (Wildman–Crippen MR) is 123 cm³/mol. The lowest BCUT2D eigenvalue weighted by molar-refractivity contribution is -0.120. The molecule has 0 spiro atoms. The van der Waals surface area contributed by atoms with E-state index in [-0.39, 0.29) is 11.8 Å². The van der Waals surface area contributed by atoms with Crippen molar-refractivity contribution in [1.82, 2.24) is 0 Å². The summed E-state index contributed by atoms with van der Waals surface area (Å²) in [6, 6.07) is 24.1. The van der Waals surface area contributed by atoms with Crippen LogP contribution in [0.3, 0.4) is 0 Å². The minimum Gasteiger partial charge on any atom is -0.486 e. The molecule has 2 aliphatic heterocycles. The summed E-state index contributed by atoms with van der Waals surface area (Å²) in [5, 5.41) is 0. The van der Waals surface area contributed by atoms with E-state index < -0.39 is 0 Å². The van der Waals surface area contributed by atoms with Crippen molar-refractivity contribution in [2.45, 2.75) is 6.92 Å². The highest BCUT2D eigenvalue weighted by molar-refractivity contribution is 6.46. The van der Waals surface area contributed by atoms with Gasteiger partial charge in [-0.05, 0) is 36.8 Å². The van der Waals surface area contributed by atoms with Crippen molar-refractivity contribution in [3.8, 4) is 11.5 Å². The maximum Gasteiger partial charge on any atom is 0.282 e. The van der Waals surface area contributed by atoms with Crippen molar-refractivity contribution in [2.75, 3.05) is 29.6 Å². The molecule has 3 aromatic rings. The van der Waals surface area contributed by atoms with Gasteiger partial charge in [-0.2, -0.15) is 0 Å². The number of hydrogen-bond donors (Lipinski definition) is 0. The number of fused-ring (bicyclic) bond motifs is 1. The van der Waals surface area contributed by atoms with Crippen LogP contribution in [-0.4, -0.2) is 31.6 Å². The zero-order chi connectivity index (χ0) is 22.1. The van der Waals surface area contributed by atoms with Crippen molar-refractivity contribution < 1.29 is 19.1 Å². The molecule has 6 nitrogen and oxygen atoms in total. The van der Waals surface area contributed by atoms with E-state index in [0.29, 0.717) is 53.8 Å². The van der Waals surface area contributed by atoms with E-state index in [4.69, 9.17) is 9.47 Å². The molecule has 0 unspecified atom stereocenters. The Morgan fingerprint density at radius 1 is 0.812 bits per heavy atom. The SMILES string of the molecule is CCN(C1=C(c2ccccc2)C(=O)N(c2ccc3c(c2)OCCO3)C1=O)c1ccccc1. The summed E-state index contributed by atoms with van der Waals surface area (Å²) in [5.74, 6) is 0.410. The third-order valence-corrected chi connectivity index (χ3v) is 5.56. The molecule has 6 heteroatoms. The first-order chi connectivity index (χ1) is 15.7. The smallest absolute Gasteiger partial charge is 0.282 e. The number of hydrogen-bond acceptors (Lipinski definition) is 5. The molecule has 0 N–H and O–H groups in total. The van der Waals surface area contributed by atoms with Gasteiger partial charge in [-0.3, -0.25) is 9.59 Å². The van der Waals surface area contributed by atoms with Crippen molar-refractivity contribution in [3.05, 3.63) is 90.1 Å². The second-order valence-electron chi connectivity index (χ2n) is 7.44. The monoisotopic (exact) mass is 426 g/mol. The average Bonchev–Trinajstić information content (AvgIpc) is 3.10. The van der Waals surface area contributed by atoms with Gasteiger partial charge in [-0.1, -0.05) is 48.5 Å². The van der Waals surface area contributed by atoms with Gasteiger partial charge in [-0.15, -0.1) is 0 Å². The molecule has 0 saturated carbocycles. The molecule has 0 bridgehead atoms. The molecular formula is C26H22N2O4. The minimum atomic E-state index is -0.365. The topological polar surface area (TPSA) is 59.1 Å². The van der Waals surface area contributed by atoms with Gasteiger partial charge >= 0.3 is 0 Å². The Balaban J connectivity index is 1.64. The maximum absolute atomic E-state index is 13.8. The summed E-state index contributed by atoms with van der Waals surface area (Å²) in [7, 11) is 0. The standard InChI is InChI=1S/C26H22N2O4/c1-2-27(19-11-7-4-8-12-19)24-23(18-9-5-3-6-10-18)25(29)28(26(24)30)20-13-14-21-22(17-20)32-16-15-31-21/h3-14,17H,2,15-16H2,1H3. The number of imide groups is 1. The van der Waals surface area contributed by atoms with Crippen LogP contribution in [0, 0.1) is 0 Å². The van der Waals surface area contributed by atoms with Gasteiger partial charge < -0.3 is 14.4 Å². The highest BCUT2D eigenvalue weighted by atomic mass is 16.6. The lowest BCUT2D eigenvalue weighted by atomic mass is 10.0. The zero-order valence-electron chi connectivity index (χ0n) is 17.7. The van der Waals surface area contributed by atoms with Crippen LogP contribution in [0.5, 0.6) is 11.5 Å². The van der Waals surface area contributed by atoms with E-state index in [1.807, 2.05) is 72.5 Å². The first kappa shape index (κ1) is 19.9. The highest BCUT2D eigenvalue weighted by Crippen LogP contribution is 2.40. The first-order valence-corrected chi connectivity index (χ1v) is 10.6. The molecule has 2 amide bonds. The largest absolute Gasteiger partial charge is 0.486 e. The fourth-order valence-electron chi connectivity index (χ4n) is 4.12. The summed E-state index contributed by atoms with van der Waals surface area (Å²) in [4.78, 5) is 30.6. The number of para-hydroxylation sites is 1. The molecule has 0 atom stereocenters. The Kier molecular flexibility index (Phi) is 5.11. The fourth-order valence-corrected chi connectivity index (χ4v) is 4.12. The molecule has 2 aliphatic rings. The third-order valence-electron chi connectivity index (χ3n) is 5.56. The van der Waals surface area contributed by atoms with E-state index >= 15 is 0 Å². The van der Waals surface area contributed by atoms with E-state index in [2.05, 4.69) is 0 Å². The maximum atomic E-state index is 13.8. The molecule has 5 rings (SSSR count). The Labute approximate surface area is 186 Å². The van der Waals surface area contributed by atoms with Crippen LogP contribution in [0.15, 0.2) is 84.6 Å². The van der Waals surface area contributed by atoms with Crippen molar-refractivity contribution in [1.29, 1.82) is 0 Å². The van der Waals surface area contributed by atoms with Gasteiger partial charge in [0.05, 0.1) is 11.3 Å². The summed E-state index contributed by atoms with van der Waals surface area (Å²) < 4.78 is 11.3. The van der Waals surface area contributed by atoms with Gasteiger partial charge in [0, 0.05) is 18.3 Å². The molecule has 0 aliphatic carbocycles. The lowest BCUT2D eigenvalue weighted by Crippen LogP contribution is -2.35. The number of nitrogens with zero attached hydrogens (tertiary/aromatic N) is 2. The molecule has 0 saturated heterocycles. The molecule has 160 valence electrons. The molecule has 3 aromatic carbocycles. The van der Waals surface area contributed by atoms with E-state index in [0.717, 1.165) is 5.69 Å². The van der Waals surface area contributed by atoms with Gasteiger partial charge in [0.2, 0.25) is 0 Å². The average molecular weight is 426 g/mol. The van der Waals surface area contributed by atoms with E-state index in [1.165, 1.54) is 4.90 Å². The summed E-state index contributed by atoms with van der Waals surface area (Å²) in [6.07, 6.45) is 0. The number of benzene rings is 3. The van der Waals surface area contributed by atoms with Crippen LogP contribution < -0.4 is 19.3 Å². The lowest BCUT2D eigenvalue weighted by Gasteiger charge is -2.25. The van der Waals surface area contributed by atoms with Crippen LogP contribution in [0.25, 0.3) is 5.57 Å². The predicted octanol–water partition coefficient (Wildman–Crippen LogP) is 4.27. The molecule has 0 radical (unpaired) electrons. The first-order valence-electron chi connectivity index (χ1n) is 10.6. The van der Waals surface area contributed by atoms with Crippen LogP contribution in [0.1, 0.15) is 12.5 Å². The highest BCUT2D eigenvalue weighted by Gasteiger charge is 2.42. The second-order valence-corrected chi connectivity index (χ2v) is 7.44. The number of anilines is 2. The summed E-state index contributed by atoms with van der Waals surface area (Å²) in [6.45, 7) is 3.39. The van der Waals surface area contributed by atoms with Crippen LogP contribution in [0.2, 0.25) is 0 Å². The molecular weight excluding hydrogens is 404 g/mol. The fraction of sp³-hybridized carbons (Fsp3) is 0.154. The Morgan fingerprint density at radius 2 is 1.47 bits per heavy atom. The normalized spacial score (nSPS) is 15.3. The number of carbonyl (C=O) groups excluding carboxylic acids is 2. The van der Waals surface area contributed by atoms with Crippen LogP contribution >= 0.6 is 0 Å². The summed E-state index contributed by atoms with van der Waals surface area (Å²) in [5.41, 5.74) is 2.76. The molecule has 32 heavy (non-hydrogen) atoms. The van der Waals surface area contributed by atoms with E-state index in [9.17, 15) is 9.59 Å². The van der Waals surface area contributed by atoms with Crippen LogP contribution in [0.4, 0.5) is 11.4 Å². The van der Waals surface area contributed by atoms with Crippen molar-refractivity contribution in [3.63, 3.8) is 0 Å². The molecule has 0 fully saturated rings. The molecule has 2 heterocycles. The van der Waals surface area contributed by atoms with Crippen molar-refractivity contribution >= 4 is 28.8 Å².